The fourth-order valence-corrected chi connectivity index (χ4v) is 2.58. The van der Waals surface area contributed by atoms with Crippen LogP contribution in [-0.4, -0.2) is 35.9 Å². The van der Waals surface area contributed by atoms with E-state index in [2.05, 4.69) is 10.4 Å². The summed E-state index contributed by atoms with van der Waals surface area (Å²) in [7, 11) is 1.61. The lowest BCUT2D eigenvalue weighted by Gasteiger charge is -2.09. The third-order valence-electron chi connectivity index (χ3n) is 3.95. The highest BCUT2D eigenvalue weighted by molar-refractivity contribution is 5.95. The summed E-state index contributed by atoms with van der Waals surface area (Å²) >= 11 is 0. The summed E-state index contributed by atoms with van der Waals surface area (Å²) in [6.07, 6.45) is 1.58. The van der Waals surface area contributed by atoms with Gasteiger partial charge in [0.15, 0.2) is 0 Å². The number of benzene rings is 2. The normalized spacial score (nSPS) is 10.4. The molecule has 6 heteroatoms. The number of amides is 1. The van der Waals surface area contributed by atoms with Gasteiger partial charge in [-0.1, -0.05) is 24.3 Å². The Morgan fingerprint density at radius 3 is 2.65 bits per heavy atom. The van der Waals surface area contributed by atoms with E-state index in [-0.39, 0.29) is 5.91 Å². The molecule has 0 spiro atoms. The minimum Gasteiger partial charge on any atom is -0.497 e. The lowest BCUT2D eigenvalue weighted by atomic mass is 10.2. The number of hydrogen-bond acceptors (Lipinski definition) is 4. The Hall–Kier alpha value is -3.28. The molecule has 0 bridgehead atoms. The van der Waals surface area contributed by atoms with Crippen LogP contribution in [-0.2, 0) is 0 Å². The molecule has 1 heterocycles. The SMILES string of the molecule is COc1cccc(OCCNC(=O)c2cnn(-c3ccccc3)c2C)c1. The first-order chi connectivity index (χ1) is 12.7. The van der Waals surface area contributed by atoms with E-state index in [1.807, 2.05) is 55.5 Å². The van der Waals surface area contributed by atoms with Crippen molar-refractivity contribution in [2.24, 2.45) is 0 Å². The van der Waals surface area contributed by atoms with Gasteiger partial charge in [-0.25, -0.2) is 4.68 Å². The third kappa shape index (κ3) is 4.03. The van der Waals surface area contributed by atoms with Crippen molar-refractivity contribution in [1.82, 2.24) is 15.1 Å². The van der Waals surface area contributed by atoms with E-state index in [4.69, 9.17) is 9.47 Å². The largest absolute Gasteiger partial charge is 0.497 e. The predicted octanol–water partition coefficient (Wildman–Crippen LogP) is 3.00. The number of ether oxygens (including phenoxy) is 2. The fraction of sp³-hybridized carbons (Fsp3) is 0.200. The Balaban J connectivity index is 1.55. The summed E-state index contributed by atoms with van der Waals surface area (Å²) in [4.78, 5) is 12.4. The highest BCUT2D eigenvalue weighted by Crippen LogP contribution is 2.18. The molecule has 0 aliphatic heterocycles. The second kappa shape index (κ2) is 8.20. The van der Waals surface area contributed by atoms with Gasteiger partial charge in [0.05, 0.1) is 36.8 Å². The zero-order chi connectivity index (χ0) is 18.4. The molecule has 0 radical (unpaired) electrons. The Morgan fingerprint density at radius 1 is 1.12 bits per heavy atom. The van der Waals surface area contributed by atoms with Crippen LogP contribution in [0.1, 0.15) is 16.1 Å². The van der Waals surface area contributed by atoms with Gasteiger partial charge >= 0.3 is 0 Å². The maximum Gasteiger partial charge on any atom is 0.254 e. The first-order valence-electron chi connectivity index (χ1n) is 8.34. The molecule has 1 aromatic heterocycles. The first kappa shape index (κ1) is 17.5. The topological polar surface area (TPSA) is 65.4 Å². The van der Waals surface area contributed by atoms with Crippen LogP contribution in [0.25, 0.3) is 5.69 Å². The van der Waals surface area contributed by atoms with Gasteiger partial charge in [-0.15, -0.1) is 0 Å². The van der Waals surface area contributed by atoms with Gasteiger partial charge in [0.1, 0.15) is 18.1 Å². The number of rotatable bonds is 7. The van der Waals surface area contributed by atoms with Crippen molar-refractivity contribution in [2.75, 3.05) is 20.3 Å². The molecule has 0 saturated heterocycles. The average molecular weight is 351 g/mol. The van der Waals surface area contributed by atoms with Crippen LogP contribution in [0.4, 0.5) is 0 Å². The second-order valence-electron chi connectivity index (χ2n) is 5.67. The fourth-order valence-electron chi connectivity index (χ4n) is 2.58. The van der Waals surface area contributed by atoms with Crippen LogP contribution in [0.2, 0.25) is 0 Å². The molecule has 0 unspecified atom stereocenters. The number of para-hydroxylation sites is 1. The van der Waals surface area contributed by atoms with Crippen molar-refractivity contribution in [3.8, 4) is 17.2 Å². The number of hydrogen-bond donors (Lipinski definition) is 1. The number of aromatic nitrogens is 2. The summed E-state index contributed by atoms with van der Waals surface area (Å²) in [6.45, 7) is 2.64. The standard InChI is InChI=1S/C20H21N3O3/c1-15-19(14-22-23(15)16-7-4-3-5-8-16)20(24)21-11-12-26-18-10-6-9-17(13-18)25-2/h3-10,13-14H,11-12H2,1-2H3,(H,21,24). The van der Waals surface area contributed by atoms with E-state index < -0.39 is 0 Å². The first-order valence-corrected chi connectivity index (χ1v) is 8.34. The van der Waals surface area contributed by atoms with Crippen molar-refractivity contribution in [2.45, 2.75) is 6.92 Å². The zero-order valence-corrected chi connectivity index (χ0v) is 14.8. The van der Waals surface area contributed by atoms with Crippen LogP contribution in [0, 0.1) is 6.92 Å². The molecule has 0 aliphatic carbocycles. The van der Waals surface area contributed by atoms with Crippen molar-refractivity contribution >= 4 is 5.91 Å². The number of methoxy groups -OCH3 is 1. The van der Waals surface area contributed by atoms with Crippen molar-refractivity contribution < 1.29 is 14.3 Å². The summed E-state index contributed by atoms with van der Waals surface area (Å²) in [6, 6.07) is 17.1. The molecule has 0 saturated carbocycles. The molecular formula is C20H21N3O3. The Labute approximate surface area is 152 Å². The number of carbonyl (C=O) groups is 1. The quantitative estimate of drug-likeness (QED) is 0.665. The monoisotopic (exact) mass is 351 g/mol. The Bertz CT molecular complexity index is 875. The minimum absolute atomic E-state index is 0.168. The number of nitrogens with zero attached hydrogens (tertiary/aromatic N) is 2. The van der Waals surface area contributed by atoms with E-state index in [0.29, 0.717) is 24.5 Å². The molecule has 0 aliphatic rings. The van der Waals surface area contributed by atoms with Crippen LogP contribution in [0.3, 0.4) is 0 Å². The average Bonchev–Trinajstić information content (AvgIpc) is 3.07. The molecule has 1 N–H and O–H groups in total. The molecule has 0 fully saturated rings. The molecule has 2 aromatic carbocycles. The molecule has 26 heavy (non-hydrogen) atoms. The third-order valence-corrected chi connectivity index (χ3v) is 3.95. The zero-order valence-electron chi connectivity index (χ0n) is 14.8. The number of nitrogens with one attached hydrogen (secondary N) is 1. The van der Waals surface area contributed by atoms with E-state index >= 15 is 0 Å². The van der Waals surface area contributed by atoms with Crippen molar-refractivity contribution in [3.63, 3.8) is 0 Å². The molecule has 134 valence electrons. The maximum absolute atomic E-state index is 12.4. The predicted molar refractivity (Wildman–Crippen MR) is 99.1 cm³/mol. The molecular weight excluding hydrogens is 330 g/mol. The van der Waals surface area contributed by atoms with Crippen molar-refractivity contribution in [1.29, 1.82) is 0 Å². The molecule has 3 rings (SSSR count). The smallest absolute Gasteiger partial charge is 0.254 e. The van der Waals surface area contributed by atoms with Crippen LogP contribution < -0.4 is 14.8 Å². The summed E-state index contributed by atoms with van der Waals surface area (Å²) in [5, 5.41) is 7.17. The number of carbonyl (C=O) groups excluding carboxylic acids is 1. The lowest BCUT2D eigenvalue weighted by molar-refractivity contribution is 0.0946. The van der Waals surface area contributed by atoms with E-state index in [1.165, 1.54) is 0 Å². The van der Waals surface area contributed by atoms with Crippen LogP contribution >= 0.6 is 0 Å². The van der Waals surface area contributed by atoms with Gasteiger partial charge in [-0.3, -0.25) is 4.79 Å². The highest BCUT2D eigenvalue weighted by atomic mass is 16.5. The van der Waals surface area contributed by atoms with E-state index in [1.54, 1.807) is 24.1 Å². The van der Waals surface area contributed by atoms with Crippen LogP contribution in [0.15, 0.2) is 60.8 Å². The summed E-state index contributed by atoms with van der Waals surface area (Å²) in [5.41, 5.74) is 2.27. The Morgan fingerprint density at radius 2 is 1.88 bits per heavy atom. The molecule has 3 aromatic rings. The van der Waals surface area contributed by atoms with Gasteiger partial charge < -0.3 is 14.8 Å². The molecule has 0 atom stereocenters. The van der Waals surface area contributed by atoms with E-state index in [9.17, 15) is 4.79 Å². The van der Waals surface area contributed by atoms with Gasteiger partial charge in [-0.05, 0) is 31.2 Å². The van der Waals surface area contributed by atoms with Gasteiger partial charge in [0, 0.05) is 6.07 Å². The Kier molecular flexibility index (Phi) is 5.53. The van der Waals surface area contributed by atoms with Gasteiger partial charge in [0.25, 0.3) is 5.91 Å². The van der Waals surface area contributed by atoms with Crippen molar-refractivity contribution in [3.05, 3.63) is 72.1 Å². The second-order valence-corrected chi connectivity index (χ2v) is 5.67. The van der Waals surface area contributed by atoms with Gasteiger partial charge in [0.2, 0.25) is 0 Å². The van der Waals surface area contributed by atoms with Crippen LogP contribution in [0.5, 0.6) is 11.5 Å². The lowest BCUT2D eigenvalue weighted by Crippen LogP contribution is -2.28. The molecule has 6 nitrogen and oxygen atoms in total. The van der Waals surface area contributed by atoms with Gasteiger partial charge in [-0.2, -0.15) is 5.10 Å². The minimum atomic E-state index is -0.168. The summed E-state index contributed by atoms with van der Waals surface area (Å²) < 4.78 is 12.5. The highest BCUT2D eigenvalue weighted by Gasteiger charge is 2.14. The van der Waals surface area contributed by atoms with E-state index in [0.717, 1.165) is 17.1 Å². The summed E-state index contributed by atoms with van der Waals surface area (Å²) in [5.74, 6) is 1.26. The maximum atomic E-state index is 12.4. The molecule has 1 amide bonds.